The summed E-state index contributed by atoms with van der Waals surface area (Å²) in [4.78, 5) is 28.4. The van der Waals surface area contributed by atoms with E-state index in [0.29, 0.717) is 37.4 Å². The number of amides is 2. The highest BCUT2D eigenvalue weighted by Gasteiger charge is 2.21. The molecule has 0 atom stereocenters. The molecule has 1 heterocycles. The molecule has 0 radical (unpaired) electrons. The van der Waals surface area contributed by atoms with Crippen molar-refractivity contribution in [2.45, 2.75) is 6.42 Å². The van der Waals surface area contributed by atoms with E-state index in [2.05, 4.69) is 10.2 Å². The van der Waals surface area contributed by atoms with Gasteiger partial charge in [0.25, 0.3) is 5.91 Å². The molecule has 142 valence electrons. The van der Waals surface area contributed by atoms with Gasteiger partial charge in [-0.2, -0.15) is 0 Å². The fourth-order valence-corrected chi connectivity index (χ4v) is 3.11. The van der Waals surface area contributed by atoms with E-state index in [9.17, 15) is 14.0 Å². The number of benzene rings is 2. The van der Waals surface area contributed by atoms with E-state index >= 15 is 0 Å². The highest BCUT2D eigenvalue weighted by Crippen LogP contribution is 2.17. The SMILES string of the molecule is Nc1ccccc1C(=O)NCCC(=O)N1CCN(c2ccc(F)cc2)CC1. The lowest BCUT2D eigenvalue weighted by atomic mass is 10.1. The van der Waals surface area contributed by atoms with Crippen molar-refractivity contribution < 1.29 is 14.0 Å². The molecule has 2 aromatic carbocycles. The first kappa shape index (κ1) is 18.7. The Labute approximate surface area is 157 Å². The molecular weight excluding hydrogens is 347 g/mol. The molecule has 1 fully saturated rings. The summed E-state index contributed by atoms with van der Waals surface area (Å²) in [5, 5.41) is 2.74. The Morgan fingerprint density at radius 1 is 1.00 bits per heavy atom. The molecule has 0 bridgehead atoms. The summed E-state index contributed by atoms with van der Waals surface area (Å²) in [7, 11) is 0. The summed E-state index contributed by atoms with van der Waals surface area (Å²) in [6.45, 7) is 2.88. The minimum atomic E-state index is -0.276. The zero-order valence-corrected chi connectivity index (χ0v) is 15.0. The van der Waals surface area contributed by atoms with Crippen molar-refractivity contribution in [3.8, 4) is 0 Å². The third-order valence-electron chi connectivity index (χ3n) is 4.65. The van der Waals surface area contributed by atoms with Gasteiger partial charge in [0, 0.05) is 50.5 Å². The maximum absolute atomic E-state index is 13.0. The van der Waals surface area contributed by atoms with E-state index in [0.717, 1.165) is 5.69 Å². The van der Waals surface area contributed by atoms with Gasteiger partial charge in [0.05, 0.1) is 5.56 Å². The van der Waals surface area contributed by atoms with Crippen LogP contribution < -0.4 is 16.0 Å². The number of halogens is 1. The van der Waals surface area contributed by atoms with E-state index in [1.165, 1.54) is 12.1 Å². The number of rotatable bonds is 5. The van der Waals surface area contributed by atoms with Gasteiger partial charge in [-0.15, -0.1) is 0 Å². The second-order valence-corrected chi connectivity index (χ2v) is 6.44. The van der Waals surface area contributed by atoms with Crippen LogP contribution in [-0.4, -0.2) is 49.4 Å². The minimum Gasteiger partial charge on any atom is -0.398 e. The van der Waals surface area contributed by atoms with E-state index in [1.54, 1.807) is 41.3 Å². The van der Waals surface area contributed by atoms with Crippen LogP contribution in [0.1, 0.15) is 16.8 Å². The second-order valence-electron chi connectivity index (χ2n) is 6.44. The van der Waals surface area contributed by atoms with Gasteiger partial charge >= 0.3 is 0 Å². The van der Waals surface area contributed by atoms with Gasteiger partial charge in [-0.1, -0.05) is 12.1 Å². The van der Waals surface area contributed by atoms with Crippen molar-refractivity contribution >= 4 is 23.2 Å². The third-order valence-corrected chi connectivity index (χ3v) is 4.65. The molecule has 2 aromatic rings. The highest BCUT2D eigenvalue weighted by atomic mass is 19.1. The topological polar surface area (TPSA) is 78.7 Å². The molecule has 1 aliphatic heterocycles. The van der Waals surface area contributed by atoms with Gasteiger partial charge in [0.15, 0.2) is 0 Å². The van der Waals surface area contributed by atoms with Crippen LogP contribution in [0.2, 0.25) is 0 Å². The molecule has 0 saturated carbocycles. The quantitative estimate of drug-likeness (QED) is 0.788. The fraction of sp³-hybridized carbons (Fsp3) is 0.300. The Balaban J connectivity index is 1.42. The zero-order chi connectivity index (χ0) is 19.2. The lowest BCUT2D eigenvalue weighted by Gasteiger charge is -2.36. The molecule has 3 rings (SSSR count). The molecule has 0 aliphatic carbocycles. The lowest BCUT2D eigenvalue weighted by Crippen LogP contribution is -2.49. The van der Waals surface area contributed by atoms with Crippen molar-refractivity contribution in [2.24, 2.45) is 0 Å². The number of anilines is 2. The number of hydrogen-bond donors (Lipinski definition) is 2. The second kappa shape index (κ2) is 8.53. The van der Waals surface area contributed by atoms with Gasteiger partial charge < -0.3 is 20.9 Å². The summed E-state index contributed by atoms with van der Waals surface area (Å²) in [5.74, 6) is -0.524. The summed E-state index contributed by atoms with van der Waals surface area (Å²) in [6, 6.07) is 13.2. The Morgan fingerprint density at radius 2 is 1.67 bits per heavy atom. The molecule has 0 spiro atoms. The molecule has 27 heavy (non-hydrogen) atoms. The van der Waals surface area contributed by atoms with E-state index < -0.39 is 0 Å². The van der Waals surface area contributed by atoms with Gasteiger partial charge in [-0.25, -0.2) is 4.39 Å². The average Bonchev–Trinajstić information content (AvgIpc) is 2.69. The molecular formula is C20H23FN4O2. The third kappa shape index (κ3) is 4.75. The van der Waals surface area contributed by atoms with Crippen LogP contribution in [0.15, 0.2) is 48.5 Å². The first-order valence-electron chi connectivity index (χ1n) is 8.95. The standard InChI is InChI=1S/C20H23FN4O2/c21-15-5-7-16(8-6-15)24-11-13-25(14-12-24)19(26)9-10-23-20(27)17-3-1-2-4-18(17)22/h1-8H,9-14,22H2,(H,23,27). The fourth-order valence-electron chi connectivity index (χ4n) is 3.11. The van der Waals surface area contributed by atoms with Crippen molar-refractivity contribution in [1.29, 1.82) is 0 Å². The summed E-state index contributed by atoms with van der Waals surface area (Å²) < 4.78 is 13.0. The van der Waals surface area contributed by atoms with Gasteiger partial charge in [0.1, 0.15) is 5.82 Å². The predicted molar refractivity (Wildman–Crippen MR) is 103 cm³/mol. The van der Waals surface area contributed by atoms with Crippen molar-refractivity contribution in [1.82, 2.24) is 10.2 Å². The zero-order valence-electron chi connectivity index (χ0n) is 15.0. The summed E-state index contributed by atoms with van der Waals surface area (Å²) in [6.07, 6.45) is 0.245. The maximum atomic E-state index is 13.0. The van der Waals surface area contributed by atoms with Crippen LogP contribution >= 0.6 is 0 Å². The summed E-state index contributed by atoms with van der Waals surface area (Å²) >= 11 is 0. The van der Waals surface area contributed by atoms with Gasteiger partial charge in [0.2, 0.25) is 5.91 Å². The Morgan fingerprint density at radius 3 is 2.33 bits per heavy atom. The van der Waals surface area contributed by atoms with Crippen LogP contribution in [-0.2, 0) is 4.79 Å². The Kier molecular flexibility index (Phi) is 5.90. The molecule has 0 aromatic heterocycles. The van der Waals surface area contributed by atoms with E-state index in [4.69, 9.17) is 5.73 Å². The number of carbonyl (C=O) groups excluding carboxylic acids is 2. The van der Waals surface area contributed by atoms with Crippen molar-refractivity contribution in [3.63, 3.8) is 0 Å². The van der Waals surface area contributed by atoms with E-state index in [-0.39, 0.29) is 30.6 Å². The van der Waals surface area contributed by atoms with Crippen molar-refractivity contribution in [3.05, 3.63) is 59.9 Å². The molecule has 0 unspecified atom stereocenters. The average molecular weight is 370 g/mol. The number of para-hydroxylation sites is 1. The number of nitrogens with one attached hydrogen (secondary N) is 1. The van der Waals surface area contributed by atoms with Crippen LogP contribution in [0.5, 0.6) is 0 Å². The van der Waals surface area contributed by atoms with E-state index in [1.807, 2.05) is 0 Å². The number of nitrogens with two attached hydrogens (primary N) is 1. The number of hydrogen-bond acceptors (Lipinski definition) is 4. The van der Waals surface area contributed by atoms with Gasteiger partial charge in [-0.3, -0.25) is 9.59 Å². The number of nitrogens with zero attached hydrogens (tertiary/aromatic N) is 2. The van der Waals surface area contributed by atoms with Gasteiger partial charge in [-0.05, 0) is 36.4 Å². The van der Waals surface area contributed by atoms with Crippen LogP contribution in [0.4, 0.5) is 15.8 Å². The lowest BCUT2D eigenvalue weighted by molar-refractivity contribution is -0.131. The normalized spacial score (nSPS) is 14.1. The largest absolute Gasteiger partial charge is 0.398 e. The molecule has 1 aliphatic rings. The first-order chi connectivity index (χ1) is 13.0. The molecule has 3 N–H and O–H groups in total. The number of carbonyl (C=O) groups is 2. The molecule has 7 heteroatoms. The Bertz CT molecular complexity index is 802. The maximum Gasteiger partial charge on any atom is 0.253 e. The highest BCUT2D eigenvalue weighted by molar-refractivity contribution is 5.99. The number of nitrogen functional groups attached to an aromatic ring is 1. The molecule has 6 nitrogen and oxygen atoms in total. The Hall–Kier alpha value is -3.09. The van der Waals surface area contributed by atoms with Crippen molar-refractivity contribution in [2.75, 3.05) is 43.4 Å². The van der Waals surface area contributed by atoms with Crippen LogP contribution in [0.3, 0.4) is 0 Å². The molecule has 2 amide bonds. The minimum absolute atomic E-state index is 0.00934. The van der Waals surface area contributed by atoms with Crippen LogP contribution in [0, 0.1) is 5.82 Å². The first-order valence-corrected chi connectivity index (χ1v) is 8.95. The monoisotopic (exact) mass is 370 g/mol. The van der Waals surface area contributed by atoms with Crippen LogP contribution in [0.25, 0.3) is 0 Å². The predicted octanol–water partition coefficient (Wildman–Crippen LogP) is 1.88. The number of piperazine rings is 1. The summed E-state index contributed by atoms with van der Waals surface area (Å²) in [5.41, 5.74) is 7.56. The smallest absolute Gasteiger partial charge is 0.253 e. The molecule has 1 saturated heterocycles.